The monoisotopic (exact) mass is 340 g/mol. The number of nitrogens with one attached hydrogen (secondary N) is 1. The van der Waals surface area contributed by atoms with Crippen molar-refractivity contribution in [1.29, 1.82) is 0 Å². The summed E-state index contributed by atoms with van der Waals surface area (Å²) < 4.78 is 41.9. The SMILES string of the molecule is C#CCOC(=O)c1cc(NC(=O)C(F)(F)F)ccc1N1CCCC1. The molecule has 5 nitrogen and oxygen atoms in total. The molecule has 0 radical (unpaired) electrons. The Balaban J connectivity index is 2.31. The zero-order chi connectivity index (χ0) is 17.7. The Morgan fingerprint density at radius 1 is 1.29 bits per heavy atom. The average Bonchev–Trinajstić information content (AvgIpc) is 3.05. The van der Waals surface area contributed by atoms with E-state index in [0.29, 0.717) is 5.69 Å². The maximum Gasteiger partial charge on any atom is 0.471 e. The van der Waals surface area contributed by atoms with Crippen LogP contribution in [0.1, 0.15) is 23.2 Å². The van der Waals surface area contributed by atoms with Crippen LogP contribution in [0.2, 0.25) is 0 Å². The molecule has 1 aromatic carbocycles. The Kier molecular flexibility index (Phi) is 5.34. The van der Waals surface area contributed by atoms with Gasteiger partial charge in [-0.2, -0.15) is 13.2 Å². The molecular weight excluding hydrogens is 325 g/mol. The van der Waals surface area contributed by atoms with Crippen LogP contribution >= 0.6 is 0 Å². The van der Waals surface area contributed by atoms with E-state index in [2.05, 4.69) is 5.92 Å². The van der Waals surface area contributed by atoms with Gasteiger partial charge in [-0.1, -0.05) is 5.92 Å². The van der Waals surface area contributed by atoms with Gasteiger partial charge in [-0.25, -0.2) is 4.79 Å². The fourth-order valence-electron chi connectivity index (χ4n) is 2.40. The number of nitrogens with zero attached hydrogens (tertiary/aromatic N) is 1. The third-order valence-corrected chi connectivity index (χ3v) is 3.47. The molecule has 128 valence electrons. The molecule has 0 bridgehead atoms. The second-order valence-electron chi connectivity index (χ2n) is 5.16. The van der Waals surface area contributed by atoms with E-state index in [9.17, 15) is 22.8 Å². The Morgan fingerprint density at radius 2 is 1.96 bits per heavy atom. The molecule has 1 heterocycles. The Morgan fingerprint density at radius 3 is 2.54 bits per heavy atom. The Hall–Kier alpha value is -2.69. The predicted molar refractivity (Wildman–Crippen MR) is 81.7 cm³/mol. The van der Waals surface area contributed by atoms with Gasteiger partial charge in [0.15, 0.2) is 6.61 Å². The van der Waals surface area contributed by atoms with Crippen molar-refractivity contribution in [2.24, 2.45) is 0 Å². The van der Waals surface area contributed by atoms with Gasteiger partial charge < -0.3 is 15.0 Å². The first-order chi connectivity index (χ1) is 11.3. The molecule has 24 heavy (non-hydrogen) atoms. The van der Waals surface area contributed by atoms with E-state index in [0.717, 1.165) is 32.0 Å². The molecule has 1 fully saturated rings. The highest BCUT2D eigenvalue weighted by molar-refractivity contribution is 6.00. The number of ether oxygens (including phenoxy) is 1. The van der Waals surface area contributed by atoms with Crippen LogP contribution < -0.4 is 10.2 Å². The van der Waals surface area contributed by atoms with Gasteiger partial charge in [0.05, 0.1) is 11.3 Å². The highest BCUT2D eigenvalue weighted by Gasteiger charge is 2.38. The van der Waals surface area contributed by atoms with E-state index < -0.39 is 18.1 Å². The van der Waals surface area contributed by atoms with Gasteiger partial charge in [0.25, 0.3) is 0 Å². The number of halogens is 3. The van der Waals surface area contributed by atoms with Crippen molar-refractivity contribution in [2.45, 2.75) is 19.0 Å². The standard InChI is InChI=1S/C16H15F3N2O3/c1-2-9-24-14(22)12-10-11(20-15(23)16(17,18)19)5-6-13(12)21-7-3-4-8-21/h1,5-6,10H,3-4,7-9H2,(H,20,23). The smallest absolute Gasteiger partial charge is 0.449 e. The average molecular weight is 340 g/mol. The molecule has 1 aliphatic rings. The summed E-state index contributed by atoms with van der Waals surface area (Å²) in [7, 11) is 0. The topological polar surface area (TPSA) is 58.6 Å². The first-order valence-electron chi connectivity index (χ1n) is 7.20. The van der Waals surface area contributed by atoms with Crippen molar-refractivity contribution < 1.29 is 27.5 Å². The normalized spacial score (nSPS) is 14.2. The molecule has 1 aromatic rings. The van der Waals surface area contributed by atoms with Crippen LogP contribution in [-0.2, 0) is 9.53 Å². The number of alkyl halides is 3. The van der Waals surface area contributed by atoms with Crippen LogP contribution in [0, 0.1) is 12.3 Å². The lowest BCUT2D eigenvalue weighted by atomic mass is 10.1. The maximum atomic E-state index is 12.4. The third kappa shape index (κ3) is 4.19. The Bertz CT molecular complexity index is 674. The van der Waals surface area contributed by atoms with Gasteiger partial charge in [0.2, 0.25) is 0 Å². The number of hydrogen-bond acceptors (Lipinski definition) is 4. The van der Waals surface area contributed by atoms with E-state index in [1.165, 1.54) is 12.1 Å². The van der Waals surface area contributed by atoms with Gasteiger partial charge in [0, 0.05) is 18.8 Å². The molecule has 0 spiro atoms. The van der Waals surface area contributed by atoms with E-state index in [4.69, 9.17) is 11.2 Å². The number of rotatable bonds is 4. The molecule has 1 N–H and O–H groups in total. The molecule has 1 saturated heterocycles. The number of terminal acetylenes is 1. The van der Waals surface area contributed by atoms with Crippen molar-refractivity contribution >= 4 is 23.3 Å². The minimum atomic E-state index is -5.02. The number of carbonyl (C=O) groups excluding carboxylic acids is 2. The number of carbonyl (C=O) groups is 2. The van der Waals surface area contributed by atoms with Gasteiger partial charge in [-0.05, 0) is 31.0 Å². The first kappa shape index (κ1) is 17.7. The van der Waals surface area contributed by atoms with E-state index >= 15 is 0 Å². The van der Waals surface area contributed by atoms with Gasteiger partial charge >= 0.3 is 18.1 Å². The van der Waals surface area contributed by atoms with Crippen LogP contribution in [0.15, 0.2) is 18.2 Å². The fraction of sp³-hybridized carbons (Fsp3) is 0.375. The maximum absolute atomic E-state index is 12.4. The van der Waals surface area contributed by atoms with Gasteiger partial charge in [0.1, 0.15) is 0 Å². The fourth-order valence-corrected chi connectivity index (χ4v) is 2.40. The largest absolute Gasteiger partial charge is 0.471 e. The molecule has 0 aliphatic carbocycles. The first-order valence-corrected chi connectivity index (χ1v) is 7.20. The third-order valence-electron chi connectivity index (χ3n) is 3.47. The van der Waals surface area contributed by atoms with Crippen LogP contribution in [-0.4, -0.2) is 37.7 Å². The summed E-state index contributed by atoms with van der Waals surface area (Å²) in [4.78, 5) is 25.1. The molecular formula is C16H15F3N2O3. The molecule has 1 aliphatic heterocycles. The molecule has 0 unspecified atom stereocenters. The molecule has 0 saturated carbocycles. The lowest BCUT2D eigenvalue weighted by molar-refractivity contribution is -0.167. The zero-order valence-electron chi connectivity index (χ0n) is 12.7. The van der Waals surface area contributed by atoms with Crippen molar-refractivity contribution in [3.05, 3.63) is 23.8 Å². The summed E-state index contributed by atoms with van der Waals surface area (Å²) in [6.45, 7) is 1.20. The predicted octanol–water partition coefficient (Wildman–Crippen LogP) is 2.58. The van der Waals surface area contributed by atoms with E-state index in [1.807, 2.05) is 4.90 Å². The summed E-state index contributed by atoms with van der Waals surface area (Å²) >= 11 is 0. The van der Waals surface area contributed by atoms with Crippen molar-refractivity contribution in [1.82, 2.24) is 0 Å². The van der Waals surface area contributed by atoms with Gasteiger partial charge in [-0.15, -0.1) is 6.42 Å². The van der Waals surface area contributed by atoms with E-state index in [-0.39, 0.29) is 17.9 Å². The molecule has 0 aromatic heterocycles. The van der Waals surface area contributed by atoms with Gasteiger partial charge in [-0.3, -0.25) is 4.79 Å². The molecule has 0 atom stereocenters. The van der Waals surface area contributed by atoms with Crippen LogP contribution in [0.25, 0.3) is 0 Å². The summed E-state index contributed by atoms with van der Waals surface area (Å²) in [5, 5.41) is 1.72. The van der Waals surface area contributed by atoms with E-state index in [1.54, 1.807) is 5.32 Å². The number of benzene rings is 1. The minimum absolute atomic E-state index is 0.0622. The summed E-state index contributed by atoms with van der Waals surface area (Å²) in [6, 6.07) is 3.97. The molecule has 8 heteroatoms. The van der Waals surface area contributed by atoms with Crippen molar-refractivity contribution in [3.8, 4) is 12.3 Å². The summed E-state index contributed by atoms with van der Waals surface area (Å²) in [6.07, 6.45) is 1.92. The highest BCUT2D eigenvalue weighted by Crippen LogP contribution is 2.29. The summed E-state index contributed by atoms with van der Waals surface area (Å²) in [5.41, 5.74) is 0.458. The summed E-state index contributed by atoms with van der Waals surface area (Å²) in [5.74, 6) is -0.715. The van der Waals surface area contributed by atoms with Crippen LogP contribution in [0.5, 0.6) is 0 Å². The quantitative estimate of drug-likeness (QED) is 0.676. The second-order valence-corrected chi connectivity index (χ2v) is 5.16. The number of anilines is 2. The van der Waals surface area contributed by atoms with Crippen LogP contribution in [0.3, 0.4) is 0 Å². The second kappa shape index (κ2) is 7.25. The van der Waals surface area contributed by atoms with Crippen molar-refractivity contribution in [2.75, 3.05) is 29.9 Å². The lowest BCUT2D eigenvalue weighted by Gasteiger charge is -2.21. The van der Waals surface area contributed by atoms with Crippen LogP contribution in [0.4, 0.5) is 24.5 Å². The number of hydrogen-bond donors (Lipinski definition) is 1. The minimum Gasteiger partial charge on any atom is -0.449 e. The lowest BCUT2D eigenvalue weighted by Crippen LogP contribution is -2.30. The molecule has 1 amide bonds. The molecule has 2 rings (SSSR count). The number of amides is 1. The highest BCUT2D eigenvalue weighted by atomic mass is 19.4. The zero-order valence-corrected chi connectivity index (χ0v) is 12.7. The van der Waals surface area contributed by atoms with Crippen molar-refractivity contribution in [3.63, 3.8) is 0 Å². The number of esters is 1. The Labute approximate surface area is 136 Å².